The van der Waals surface area contributed by atoms with Crippen molar-refractivity contribution in [2.75, 3.05) is 0 Å². The summed E-state index contributed by atoms with van der Waals surface area (Å²) in [6, 6.07) is 0.574. The van der Waals surface area contributed by atoms with E-state index in [1.165, 1.54) is 0 Å². The number of benzene rings is 2. The Labute approximate surface area is 97.8 Å². The largest absolute Gasteiger partial charge is 0.206 e. The fraction of sp³-hybridized carbons (Fsp3) is 0.0833. The van der Waals surface area contributed by atoms with Crippen molar-refractivity contribution in [3.8, 4) is 0 Å². The lowest BCUT2D eigenvalue weighted by Gasteiger charge is -2.09. The molecule has 0 unspecified atom stereocenters. The molecule has 2 aromatic rings. The summed E-state index contributed by atoms with van der Waals surface area (Å²) in [5, 5.41) is -2.49. The minimum Gasteiger partial charge on any atom is -0.206 e. The third-order valence-electron chi connectivity index (χ3n) is 2.58. The van der Waals surface area contributed by atoms with Crippen molar-refractivity contribution >= 4 is 10.8 Å². The number of rotatable bonds is 1. The van der Waals surface area contributed by atoms with Crippen LogP contribution < -0.4 is 0 Å². The first-order valence-corrected chi connectivity index (χ1v) is 4.81. The van der Waals surface area contributed by atoms with E-state index >= 15 is 0 Å². The highest BCUT2D eigenvalue weighted by Crippen LogP contribution is 2.32. The summed E-state index contributed by atoms with van der Waals surface area (Å²) in [4.78, 5) is 0. The van der Waals surface area contributed by atoms with Crippen LogP contribution in [0.2, 0.25) is 0 Å². The SMILES string of the molecule is [CH2]Cc1cc(F)c2c(F)c(F)c(F)c(F)c2c1F. The number of hydrogen-bond donors (Lipinski definition) is 0. The first-order valence-electron chi connectivity index (χ1n) is 4.81. The highest BCUT2D eigenvalue weighted by Gasteiger charge is 2.26. The molecule has 2 aromatic carbocycles. The van der Waals surface area contributed by atoms with Crippen molar-refractivity contribution in [1.82, 2.24) is 0 Å². The van der Waals surface area contributed by atoms with Gasteiger partial charge in [-0.1, -0.05) is 0 Å². The minimum atomic E-state index is -2.18. The van der Waals surface area contributed by atoms with E-state index in [1.807, 2.05) is 0 Å². The Morgan fingerprint density at radius 2 is 1.22 bits per heavy atom. The minimum absolute atomic E-state index is 0.251. The summed E-state index contributed by atoms with van der Waals surface area (Å²) in [5.74, 6) is -11.0. The second kappa shape index (κ2) is 4.19. The van der Waals surface area contributed by atoms with Gasteiger partial charge < -0.3 is 0 Å². The van der Waals surface area contributed by atoms with Crippen LogP contribution in [0.15, 0.2) is 6.07 Å². The first-order chi connectivity index (χ1) is 8.40. The van der Waals surface area contributed by atoms with Crippen LogP contribution in [0.4, 0.5) is 26.3 Å². The topological polar surface area (TPSA) is 0 Å². The van der Waals surface area contributed by atoms with Crippen LogP contribution in [-0.2, 0) is 6.42 Å². The Balaban J connectivity index is 3.11. The van der Waals surface area contributed by atoms with Crippen LogP contribution in [0, 0.1) is 41.8 Å². The zero-order valence-electron chi connectivity index (χ0n) is 8.76. The lowest BCUT2D eigenvalue weighted by Crippen LogP contribution is -2.04. The van der Waals surface area contributed by atoms with E-state index in [9.17, 15) is 26.3 Å². The fourth-order valence-corrected chi connectivity index (χ4v) is 1.69. The van der Waals surface area contributed by atoms with Crippen molar-refractivity contribution in [2.45, 2.75) is 6.42 Å². The zero-order valence-corrected chi connectivity index (χ0v) is 8.76. The van der Waals surface area contributed by atoms with Gasteiger partial charge in [-0.3, -0.25) is 0 Å². The lowest BCUT2D eigenvalue weighted by molar-refractivity contribution is 0.414. The second-order valence-electron chi connectivity index (χ2n) is 3.59. The molecule has 0 atom stereocenters. The Hall–Kier alpha value is -1.72. The van der Waals surface area contributed by atoms with E-state index in [2.05, 4.69) is 6.92 Å². The molecule has 0 aliphatic carbocycles. The summed E-state index contributed by atoms with van der Waals surface area (Å²) < 4.78 is 79.8. The maximum Gasteiger partial charge on any atom is 0.198 e. The van der Waals surface area contributed by atoms with Gasteiger partial charge in [-0.25, -0.2) is 26.3 Å². The molecule has 0 saturated heterocycles. The molecule has 0 saturated carbocycles. The van der Waals surface area contributed by atoms with Gasteiger partial charge in [0.05, 0.1) is 10.8 Å². The third-order valence-corrected chi connectivity index (χ3v) is 2.58. The van der Waals surface area contributed by atoms with Gasteiger partial charge in [0.2, 0.25) is 0 Å². The molecule has 0 amide bonds. The standard InChI is InChI=1S/C12H5F6/c1-2-4-3-5(13)6-7(8(4)14)10(16)12(18)11(17)9(6)15/h3H,1-2H2. The van der Waals surface area contributed by atoms with Gasteiger partial charge in [0, 0.05) is 0 Å². The zero-order chi connectivity index (χ0) is 13.6. The monoisotopic (exact) mass is 263 g/mol. The Morgan fingerprint density at radius 3 is 1.72 bits per heavy atom. The second-order valence-corrected chi connectivity index (χ2v) is 3.59. The molecule has 0 nitrogen and oxygen atoms in total. The Kier molecular flexibility index (Phi) is 2.96. The van der Waals surface area contributed by atoms with Crippen LogP contribution in [0.1, 0.15) is 5.56 Å². The van der Waals surface area contributed by atoms with Crippen LogP contribution >= 0.6 is 0 Å². The van der Waals surface area contributed by atoms with E-state index in [4.69, 9.17) is 0 Å². The van der Waals surface area contributed by atoms with Gasteiger partial charge in [0.1, 0.15) is 11.6 Å². The summed E-state index contributed by atoms with van der Waals surface area (Å²) in [7, 11) is 0. The molecule has 1 radical (unpaired) electrons. The summed E-state index contributed by atoms with van der Waals surface area (Å²) in [6.07, 6.45) is -0.251. The predicted molar refractivity (Wildman–Crippen MR) is 52.8 cm³/mol. The molecule has 6 heteroatoms. The molecule has 0 bridgehead atoms. The van der Waals surface area contributed by atoms with Gasteiger partial charge in [-0.2, -0.15) is 0 Å². The van der Waals surface area contributed by atoms with Crippen molar-refractivity contribution in [3.63, 3.8) is 0 Å². The maximum absolute atomic E-state index is 13.7. The smallest absolute Gasteiger partial charge is 0.198 e. The molecular weight excluding hydrogens is 258 g/mol. The molecule has 0 heterocycles. The molecule has 0 aromatic heterocycles. The molecule has 0 fully saturated rings. The van der Waals surface area contributed by atoms with Crippen molar-refractivity contribution in [3.05, 3.63) is 53.5 Å². The number of halogens is 6. The molecule has 2 rings (SSSR count). The van der Waals surface area contributed by atoms with Gasteiger partial charge in [0.25, 0.3) is 0 Å². The Bertz CT molecular complexity index is 647. The molecule has 0 N–H and O–H groups in total. The third kappa shape index (κ3) is 1.55. The van der Waals surface area contributed by atoms with E-state index < -0.39 is 45.7 Å². The van der Waals surface area contributed by atoms with E-state index in [1.54, 1.807) is 0 Å². The molecule has 0 aliphatic rings. The van der Waals surface area contributed by atoms with Crippen molar-refractivity contribution in [1.29, 1.82) is 0 Å². The summed E-state index contributed by atoms with van der Waals surface area (Å²) in [6.45, 7) is 3.27. The van der Waals surface area contributed by atoms with E-state index in [0.29, 0.717) is 6.07 Å². The quantitative estimate of drug-likeness (QED) is 0.413. The van der Waals surface area contributed by atoms with Crippen LogP contribution in [0.25, 0.3) is 10.8 Å². The highest BCUT2D eigenvalue weighted by atomic mass is 19.2. The van der Waals surface area contributed by atoms with Gasteiger partial charge in [-0.15, -0.1) is 0 Å². The first kappa shape index (κ1) is 12.7. The molecule has 0 spiro atoms. The normalized spacial score (nSPS) is 11.3. The molecular formula is C12H5F6. The van der Waals surface area contributed by atoms with Crippen molar-refractivity contribution in [2.24, 2.45) is 0 Å². The molecule has 0 aliphatic heterocycles. The van der Waals surface area contributed by atoms with E-state index in [-0.39, 0.29) is 12.0 Å². The lowest BCUT2D eigenvalue weighted by atomic mass is 10.0. The Morgan fingerprint density at radius 1 is 0.722 bits per heavy atom. The van der Waals surface area contributed by atoms with Gasteiger partial charge in [0.15, 0.2) is 23.3 Å². The average molecular weight is 263 g/mol. The summed E-state index contributed by atoms with van der Waals surface area (Å²) in [5.41, 5.74) is -0.357. The number of hydrogen-bond acceptors (Lipinski definition) is 0. The van der Waals surface area contributed by atoms with Gasteiger partial charge >= 0.3 is 0 Å². The fourth-order valence-electron chi connectivity index (χ4n) is 1.69. The van der Waals surface area contributed by atoms with Gasteiger partial charge in [-0.05, 0) is 25.0 Å². The van der Waals surface area contributed by atoms with Crippen LogP contribution in [0.5, 0.6) is 0 Å². The number of fused-ring (bicyclic) bond motifs is 1. The van der Waals surface area contributed by atoms with Crippen LogP contribution in [0.3, 0.4) is 0 Å². The van der Waals surface area contributed by atoms with E-state index in [0.717, 1.165) is 0 Å². The van der Waals surface area contributed by atoms with Crippen molar-refractivity contribution < 1.29 is 26.3 Å². The molecule has 18 heavy (non-hydrogen) atoms. The molecule has 95 valence electrons. The highest BCUT2D eigenvalue weighted by molar-refractivity contribution is 5.86. The average Bonchev–Trinajstić information content (AvgIpc) is 2.35. The van der Waals surface area contributed by atoms with Crippen LogP contribution in [-0.4, -0.2) is 0 Å². The maximum atomic E-state index is 13.7. The predicted octanol–water partition coefficient (Wildman–Crippen LogP) is 4.05. The summed E-state index contributed by atoms with van der Waals surface area (Å²) >= 11 is 0.